The maximum atomic E-state index is 13.4. The highest BCUT2D eigenvalue weighted by atomic mass is 79.9. The minimum Gasteiger partial charge on any atom is -0.369 e. The van der Waals surface area contributed by atoms with Crippen LogP contribution in [-0.4, -0.2) is 32.9 Å². The molecule has 6 heteroatoms. The van der Waals surface area contributed by atoms with Crippen molar-refractivity contribution in [3.05, 3.63) is 58.1 Å². The number of fused-ring (bicyclic) bond motifs is 1. The molecule has 1 aliphatic carbocycles. The fourth-order valence-electron chi connectivity index (χ4n) is 4.52. The third kappa shape index (κ3) is 4.38. The van der Waals surface area contributed by atoms with Gasteiger partial charge in [-0.1, -0.05) is 54.2 Å². The largest absolute Gasteiger partial charge is 0.369 e. The van der Waals surface area contributed by atoms with Gasteiger partial charge in [0.05, 0.1) is 17.6 Å². The van der Waals surface area contributed by atoms with E-state index < -0.39 is 0 Å². The Morgan fingerprint density at radius 1 is 1.20 bits per heavy atom. The molecule has 0 spiro atoms. The number of halogens is 1. The lowest BCUT2D eigenvalue weighted by molar-refractivity contribution is 0.0634. The summed E-state index contributed by atoms with van der Waals surface area (Å²) in [6.07, 6.45) is 6.96. The summed E-state index contributed by atoms with van der Waals surface area (Å²) < 4.78 is 2.98. The van der Waals surface area contributed by atoms with Gasteiger partial charge in [-0.05, 0) is 55.2 Å². The third-order valence-corrected chi connectivity index (χ3v) is 6.49. The lowest BCUT2D eigenvalue weighted by Crippen LogP contribution is -2.42. The summed E-state index contributed by atoms with van der Waals surface area (Å²) in [7, 11) is 0. The average molecular weight is 469 g/mol. The van der Waals surface area contributed by atoms with Crippen molar-refractivity contribution in [2.45, 2.75) is 58.0 Å². The smallest absolute Gasteiger partial charge is 0.254 e. The molecule has 3 aromatic rings. The van der Waals surface area contributed by atoms with Crippen LogP contribution in [0.1, 0.15) is 61.4 Å². The number of benzene rings is 2. The highest BCUT2D eigenvalue weighted by Crippen LogP contribution is 2.26. The predicted octanol–water partition coefficient (Wildman–Crippen LogP) is 5.61. The van der Waals surface area contributed by atoms with E-state index in [1.807, 2.05) is 47.0 Å². The molecule has 0 unspecified atom stereocenters. The fourth-order valence-corrected chi connectivity index (χ4v) is 4.86. The molecule has 0 radical (unpaired) electrons. The maximum Gasteiger partial charge on any atom is 0.254 e. The first kappa shape index (κ1) is 20.9. The van der Waals surface area contributed by atoms with Crippen LogP contribution in [0, 0.1) is 0 Å². The van der Waals surface area contributed by atoms with E-state index in [1.54, 1.807) is 0 Å². The van der Waals surface area contributed by atoms with E-state index in [9.17, 15) is 4.79 Å². The van der Waals surface area contributed by atoms with Gasteiger partial charge >= 0.3 is 0 Å². The monoisotopic (exact) mass is 468 g/mol. The quantitative estimate of drug-likeness (QED) is 0.510. The van der Waals surface area contributed by atoms with Gasteiger partial charge in [-0.2, -0.15) is 0 Å². The molecule has 0 aliphatic heterocycles. The number of amides is 1. The molecular weight excluding hydrogens is 440 g/mol. The topological polar surface area (TPSA) is 64.2 Å². The number of imidazole rings is 1. The summed E-state index contributed by atoms with van der Waals surface area (Å²) in [6.45, 7) is 3.54. The second-order valence-electron chi connectivity index (χ2n) is 8.18. The number of carbonyl (C=O) groups excluding carboxylic acids is 1. The van der Waals surface area contributed by atoms with Crippen LogP contribution in [0.3, 0.4) is 0 Å². The zero-order chi connectivity index (χ0) is 21.1. The standard InChI is InChI=1S/C24H29BrN4O/c1-2-13-28(20-9-4-3-5-10-20)23(30)18-8-6-7-17(14-18)16-29-22-15-19(25)11-12-21(22)27-24(29)26/h6-8,11-12,14-15,20H,2-5,9-10,13,16H2,1H3,(H2,26,27). The molecule has 4 rings (SSSR count). The lowest BCUT2D eigenvalue weighted by atomic mass is 9.93. The average Bonchev–Trinajstić information content (AvgIpc) is 3.07. The fraction of sp³-hybridized carbons (Fsp3) is 0.417. The molecule has 0 bridgehead atoms. The highest BCUT2D eigenvalue weighted by molar-refractivity contribution is 9.10. The van der Waals surface area contributed by atoms with E-state index in [0.717, 1.165) is 52.4 Å². The molecular formula is C24H29BrN4O. The van der Waals surface area contributed by atoms with E-state index in [0.29, 0.717) is 18.5 Å². The molecule has 1 fully saturated rings. The van der Waals surface area contributed by atoms with Crippen LogP contribution in [-0.2, 0) is 6.54 Å². The highest BCUT2D eigenvalue weighted by Gasteiger charge is 2.25. The van der Waals surface area contributed by atoms with Gasteiger partial charge in [0.1, 0.15) is 0 Å². The number of nitrogen functional groups attached to an aromatic ring is 1. The molecule has 5 nitrogen and oxygen atoms in total. The Morgan fingerprint density at radius 2 is 2.00 bits per heavy atom. The van der Waals surface area contributed by atoms with Crippen molar-refractivity contribution in [2.75, 3.05) is 12.3 Å². The molecule has 1 amide bonds. The Hall–Kier alpha value is -2.34. The molecule has 0 saturated heterocycles. The van der Waals surface area contributed by atoms with Gasteiger partial charge in [0, 0.05) is 22.6 Å². The van der Waals surface area contributed by atoms with Crippen molar-refractivity contribution in [3.8, 4) is 0 Å². The minimum atomic E-state index is 0.150. The van der Waals surface area contributed by atoms with Gasteiger partial charge in [0.25, 0.3) is 5.91 Å². The molecule has 2 aromatic carbocycles. The van der Waals surface area contributed by atoms with Crippen LogP contribution >= 0.6 is 15.9 Å². The number of carbonyl (C=O) groups is 1. The van der Waals surface area contributed by atoms with Crippen LogP contribution < -0.4 is 5.73 Å². The molecule has 158 valence electrons. The van der Waals surface area contributed by atoms with Crippen molar-refractivity contribution in [1.29, 1.82) is 0 Å². The molecule has 1 aliphatic rings. The molecule has 1 aromatic heterocycles. The number of hydrogen-bond acceptors (Lipinski definition) is 3. The molecule has 1 saturated carbocycles. The zero-order valence-corrected chi connectivity index (χ0v) is 19.1. The lowest BCUT2D eigenvalue weighted by Gasteiger charge is -2.34. The van der Waals surface area contributed by atoms with E-state index in [1.165, 1.54) is 19.3 Å². The number of rotatable bonds is 6. The Labute approximate surface area is 186 Å². The number of anilines is 1. The SMILES string of the molecule is CCCN(C(=O)c1cccc(Cn2c(N)nc3ccc(Br)cc32)c1)C1CCCCC1. The first-order chi connectivity index (χ1) is 14.6. The van der Waals surface area contributed by atoms with Gasteiger partial charge in [-0.25, -0.2) is 4.98 Å². The second kappa shape index (κ2) is 9.21. The third-order valence-electron chi connectivity index (χ3n) is 6.00. The number of nitrogens with zero attached hydrogens (tertiary/aromatic N) is 3. The van der Waals surface area contributed by atoms with Gasteiger partial charge < -0.3 is 15.2 Å². The summed E-state index contributed by atoms with van der Waals surface area (Å²) >= 11 is 3.53. The van der Waals surface area contributed by atoms with Crippen LogP contribution in [0.2, 0.25) is 0 Å². The Morgan fingerprint density at radius 3 is 2.77 bits per heavy atom. The van der Waals surface area contributed by atoms with Gasteiger partial charge in [0.15, 0.2) is 0 Å². The van der Waals surface area contributed by atoms with Crippen molar-refractivity contribution in [2.24, 2.45) is 0 Å². The van der Waals surface area contributed by atoms with Crippen molar-refractivity contribution in [3.63, 3.8) is 0 Å². The molecule has 2 N–H and O–H groups in total. The minimum absolute atomic E-state index is 0.150. The van der Waals surface area contributed by atoms with E-state index in [-0.39, 0.29) is 5.91 Å². The van der Waals surface area contributed by atoms with Crippen LogP contribution in [0.25, 0.3) is 11.0 Å². The summed E-state index contributed by atoms with van der Waals surface area (Å²) in [6, 6.07) is 14.3. The molecule has 30 heavy (non-hydrogen) atoms. The van der Waals surface area contributed by atoms with Crippen molar-refractivity contribution >= 4 is 38.8 Å². The van der Waals surface area contributed by atoms with Crippen molar-refractivity contribution < 1.29 is 4.79 Å². The number of hydrogen-bond donors (Lipinski definition) is 1. The summed E-state index contributed by atoms with van der Waals surface area (Å²) in [5.74, 6) is 0.631. The summed E-state index contributed by atoms with van der Waals surface area (Å²) in [4.78, 5) is 20.0. The first-order valence-electron chi connectivity index (χ1n) is 10.9. The summed E-state index contributed by atoms with van der Waals surface area (Å²) in [5, 5.41) is 0. The Balaban J connectivity index is 1.60. The van der Waals surface area contributed by atoms with Crippen LogP contribution in [0.15, 0.2) is 46.9 Å². The summed E-state index contributed by atoms with van der Waals surface area (Å²) in [5.41, 5.74) is 9.85. The second-order valence-corrected chi connectivity index (χ2v) is 9.10. The van der Waals surface area contributed by atoms with Crippen molar-refractivity contribution in [1.82, 2.24) is 14.5 Å². The van der Waals surface area contributed by atoms with Gasteiger partial charge in [-0.3, -0.25) is 4.79 Å². The maximum absolute atomic E-state index is 13.4. The van der Waals surface area contributed by atoms with Gasteiger partial charge in [0.2, 0.25) is 5.95 Å². The van der Waals surface area contributed by atoms with E-state index in [2.05, 4.69) is 32.7 Å². The molecule has 0 atom stereocenters. The van der Waals surface area contributed by atoms with Crippen LogP contribution in [0.5, 0.6) is 0 Å². The normalized spacial score (nSPS) is 14.9. The van der Waals surface area contributed by atoms with E-state index in [4.69, 9.17) is 5.73 Å². The Kier molecular flexibility index (Phi) is 6.42. The predicted molar refractivity (Wildman–Crippen MR) is 126 cm³/mol. The van der Waals surface area contributed by atoms with Crippen LogP contribution in [0.4, 0.5) is 5.95 Å². The van der Waals surface area contributed by atoms with Gasteiger partial charge in [-0.15, -0.1) is 0 Å². The Bertz CT molecular complexity index is 1040. The van der Waals surface area contributed by atoms with E-state index >= 15 is 0 Å². The first-order valence-corrected chi connectivity index (χ1v) is 11.7. The zero-order valence-electron chi connectivity index (χ0n) is 17.5. The number of aromatic nitrogens is 2. The number of nitrogens with two attached hydrogens (primary N) is 1. The molecule has 1 heterocycles.